The van der Waals surface area contributed by atoms with Crippen molar-refractivity contribution in [1.82, 2.24) is 9.29 Å². The van der Waals surface area contributed by atoms with Crippen LogP contribution in [-0.2, 0) is 16.6 Å². The molecular formula is C24H26N2O3S. The molecule has 0 amide bonds. The lowest BCUT2D eigenvalue weighted by atomic mass is 9.99. The SMILES string of the molecule is Cc1ccc(S(=O)(=O)N2CCCCC2c2ccc(OCc3ccccc3)nc2)cc1. The minimum absolute atomic E-state index is 0.208. The highest BCUT2D eigenvalue weighted by Gasteiger charge is 2.34. The first-order valence-corrected chi connectivity index (χ1v) is 11.7. The molecule has 1 fully saturated rings. The van der Waals surface area contributed by atoms with Crippen molar-refractivity contribution in [2.24, 2.45) is 0 Å². The monoisotopic (exact) mass is 422 g/mol. The Hall–Kier alpha value is -2.70. The predicted octanol–water partition coefficient (Wildman–Crippen LogP) is 4.88. The summed E-state index contributed by atoms with van der Waals surface area (Å²) >= 11 is 0. The molecule has 156 valence electrons. The van der Waals surface area contributed by atoms with Gasteiger partial charge in [-0.2, -0.15) is 4.31 Å². The van der Waals surface area contributed by atoms with Crippen LogP contribution < -0.4 is 4.74 Å². The maximum atomic E-state index is 13.3. The second kappa shape index (κ2) is 8.98. The summed E-state index contributed by atoms with van der Waals surface area (Å²) < 4.78 is 34.0. The lowest BCUT2D eigenvalue weighted by Crippen LogP contribution is -2.38. The molecule has 1 saturated heterocycles. The van der Waals surface area contributed by atoms with Gasteiger partial charge in [-0.1, -0.05) is 60.5 Å². The first-order valence-electron chi connectivity index (χ1n) is 10.3. The molecule has 2 aromatic carbocycles. The summed E-state index contributed by atoms with van der Waals surface area (Å²) in [5.41, 5.74) is 3.02. The van der Waals surface area contributed by atoms with E-state index < -0.39 is 10.0 Å². The van der Waals surface area contributed by atoms with Crippen LogP contribution in [0.3, 0.4) is 0 Å². The Morgan fingerprint density at radius 3 is 2.47 bits per heavy atom. The largest absolute Gasteiger partial charge is 0.473 e. The molecule has 1 aliphatic rings. The van der Waals surface area contributed by atoms with Crippen LogP contribution in [0.5, 0.6) is 5.88 Å². The first kappa shape index (κ1) is 20.6. The molecule has 1 unspecified atom stereocenters. The molecule has 0 bridgehead atoms. The van der Waals surface area contributed by atoms with Crippen LogP contribution in [-0.4, -0.2) is 24.3 Å². The summed E-state index contributed by atoms with van der Waals surface area (Å²) in [4.78, 5) is 4.77. The molecule has 6 heteroatoms. The second-order valence-electron chi connectivity index (χ2n) is 7.64. The standard InChI is InChI=1S/C24H26N2O3S/c1-19-10-13-22(14-11-19)30(27,28)26-16-6-5-9-23(26)21-12-15-24(25-17-21)29-18-20-7-3-2-4-8-20/h2-4,7-8,10-15,17,23H,5-6,9,16,18H2,1H3. The molecular weight excluding hydrogens is 396 g/mol. The molecule has 1 atom stereocenters. The average molecular weight is 423 g/mol. The maximum absolute atomic E-state index is 13.3. The topological polar surface area (TPSA) is 59.5 Å². The molecule has 2 heterocycles. The molecule has 1 aromatic heterocycles. The van der Waals surface area contributed by atoms with E-state index in [-0.39, 0.29) is 6.04 Å². The van der Waals surface area contributed by atoms with E-state index in [0.29, 0.717) is 23.9 Å². The number of hydrogen-bond acceptors (Lipinski definition) is 4. The number of aromatic nitrogens is 1. The molecule has 30 heavy (non-hydrogen) atoms. The zero-order chi connectivity index (χ0) is 21.0. The Labute approximate surface area is 178 Å². The van der Waals surface area contributed by atoms with Gasteiger partial charge in [0.2, 0.25) is 15.9 Å². The number of sulfonamides is 1. The van der Waals surface area contributed by atoms with Crippen LogP contribution in [0.25, 0.3) is 0 Å². The summed E-state index contributed by atoms with van der Waals surface area (Å²) in [7, 11) is -3.56. The Morgan fingerprint density at radius 1 is 1.00 bits per heavy atom. The van der Waals surface area contributed by atoms with E-state index in [9.17, 15) is 8.42 Å². The number of ether oxygens (including phenoxy) is 1. The summed E-state index contributed by atoms with van der Waals surface area (Å²) in [6.45, 7) is 2.92. The molecule has 0 spiro atoms. The molecule has 1 aliphatic heterocycles. The van der Waals surface area contributed by atoms with Gasteiger partial charge in [-0.25, -0.2) is 13.4 Å². The van der Waals surface area contributed by atoms with Crippen molar-refractivity contribution in [3.63, 3.8) is 0 Å². The average Bonchev–Trinajstić information content (AvgIpc) is 2.79. The number of hydrogen-bond donors (Lipinski definition) is 0. The fourth-order valence-electron chi connectivity index (χ4n) is 3.78. The van der Waals surface area contributed by atoms with E-state index in [1.54, 1.807) is 22.6 Å². The number of piperidine rings is 1. The quantitative estimate of drug-likeness (QED) is 0.568. The van der Waals surface area contributed by atoms with E-state index >= 15 is 0 Å². The molecule has 0 aliphatic carbocycles. The van der Waals surface area contributed by atoms with E-state index in [1.807, 2.05) is 61.5 Å². The maximum Gasteiger partial charge on any atom is 0.243 e. The van der Waals surface area contributed by atoms with Crippen molar-refractivity contribution in [3.8, 4) is 5.88 Å². The summed E-state index contributed by atoms with van der Waals surface area (Å²) in [6.07, 6.45) is 4.40. The number of aryl methyl sites for hydroxylation is 1. The highest BCUT2D eigenvalue weighted by molar-refractivity contribution is 7.89. The van der Waals surface area contributed by atoms with Crippen LogP contribution in [0.15, 0.2) is 77.8 Å². The predicted molar refractivity (Wildman–Crippen MR) is 117 cm³/mol. The van der Waals surface area contributed by atoms with Crippen molar-refractivity contribution < 1.29 is 13.2 Å². The molecule has 4 rings (SSSR count). The third-order valence-corrected chi connectivity index (χ3v) is 7.38. The molecule has 0 N–H and O–H groups in total. The smallest absolute Gasteiger partial charge is 0.243 e. The zero-order valence-electron chi connectivity index (χ0n) is 17.1. The van der Waals surface area contributed by atoms with E-state index in [1.165, 1.54) is 0 Å². The van der Waals surface area contributed by atoms with Gasteiger partial charge in [-0.15, -0.1) is 0 Å². The van der Waals surface area contributed by atoms with Gasteiger partial charge in [-0.05, 0) is 43.0 Å². The molecule has 5 nitrogen and oxygen atoms in total. The van der Waals surface area contributed by atoms with Crippen molar-refractivity contribution in [1.29, 1.82) is 0 Å². The minimum atomic E-state index is -3.56. The fraction of sp³-hybridized carbons (Fsp3) is 0.292. The van der Waals surface area contributed by atoms with Crippen LogP contribution in [0, 0.1) is 6.92 Å². The first-order chi connectivity index (χ1) is 14.5. The van der Waals surface area contributed by atoms with Crippen molar-refractivity contribution >= 4 is 10.0 Å². The highest BCUT2D eigenvalue weighted by Crippen LogP contribution is 2.35. The van der Waals surface area contributed by atoms with Crippen LogP contribution in [0.2, 0.25) is 0 Å². The van der Waals surface area contributed by atoms with E-state index in [4.69, 9.17) is 4.74 Å². The molecule has 0 radical (unpaired) electrons. The van der Waals surface area contributed by atoms with Gasteiger partial charge in [0.25, 0.3) is 0 Å². The number of pyridine rings is 1. The third-order valence-electron chi connectivity index (χ3n) is 5.45. The number of nitrogens with zero attached hydrogens (tertiary/aromatic N) is 2. The normalized spacial score (nSPS) is 17.6. The van der Waals surface area contributed by atoms with Crippen LogP contribution >= 0.6 is 0 Å². The minimum Gasteiger partial charge on any atom is -0.473 e. The fourth-order valence-corrected chi connectivity index (χ4v) is 5.46. The van der Waals surface area contributed by atoms with Crippen LogP contribution in [0.4, 0.5) is 0 Å². The van der Waals surface area contributed by atoms with Crippen molar-refractivity contribution in [3.05, 3.63) is 89.6 Å². The van der Waals surface area contributed by atoms with Gasteiger partial charge in [0.15, 0.2) is 0 Å². The summed E-state index contributed by atoms with van der Waals surface area (Å²) in [5, 5.41) is 0. The van der Waals surface area contributed by atoms with Crippen LogP contribution in [0.1, 0.15) is 42.0 Å². The van der Waals surface area contributed by atoms with E-state index in [2.05, 4.69) is 4.98 Å². The summed E-state index contributed by atoms with van der Waals surface area (Å²) in [6, 6.07) is 20.5. The van der Waals surface area contributed by atoms with Gasteiger partial charge >= 0.3 is 0 Å². The van der Waals surface area contributed by atoms with Gasteiger partial charge in [-0.3, -0.25) is 0 Å². The molecule has 0 saturated carbocycles. The third kappa shape index (κ3) is 4.55. The Kier molecular flexibility index (Phi) is 6.16. The van der Waals surface area contributed by atoms with Gasteiger partial charge in [0.05, 0.1) is 10.9 Å². The molecule has 3 aromatic rings. The van der Waals surface area contributed by atoms with Crippen molar-refractivity contribution in [2.45, 2.75) is 43.7 Å². The summed E-state index contributed by atoms with van der Waals surface area (Å²) in [5.74, 6) is 0.534. The van der Waals surface area contributed by atoms with Crippen molar-refractivity contribution in [2.75, 3.05) is 6.54 Å². The van der Waals surface area contributed by atoms with E-state index in [0.717, 1.165) is 36.0 Å². The van der Waals surface area contributed by atoms with Gasteiger partial charge in [0.1, 0.15) is 6.61 Å². The van der Waals surface area contributed by atoms with Gasteiger partial charge in [0, 0.05) is 18.8 Å². The highest BCUT2D eigenvalue weighted by atomic mass is 32.2. The van der Waals surface area contributed by atoms with Gasteiger partial charge < -0.3 is 4.74 Å². The number of rotatable bonds is 6. The number of benzene rings is 2. The Morgan fingerprint density at radius 2 is 1.77 bits per heavy atom. The zero-order valence-corrected chi connectivity index (χ0v) is 17.9. The Bertz CT molecular complexity index is 1070. The lowest BCUT2D eigenvalue weighted by molar-refractivity contribution is 0.254. The lowest BCUT2D eigenvalue weighted by Gasteiger charge is -2.34. The second-order valence-corrected chi connectivity index (χ2v) is 9.53. The Balaban J connectivity index is 1.52.